The lowest BCUT2D eigenvalue weighted by Gasteiger charge is -2.08. The van der Waals surface area contributed by atoms with E-state index in [1.807, 2.05) is 30.3 Å². The Bertz CT molecular complexity index is 1110. The minimum atomic E-state index is -0.508. The molecule has 0 aliphatic carbocycles. The lowest BCUT2D eigenvalue weighted by molar-refractivity contribution is 0.415. The van der Waals surface area contributed by atoms with Crippen molar-refractivity contribution in [2.24, 2.45) is 0 Å². The summed E-state index contributed by atoms with van der Waals surface area (Å²) < 4.78 is 25.9. The molecule has 0 atom stereocenters. The third kappa shape index (κ3) is 3.63. The Balaban J connectivity index is 1.65. The predicted octanol–water partition coefficient (Wildman–Crippen LogP) is 5.56. The number of rotatable bonds is 5. The number of anilines is 3. The number of nitrogens with two attached hydrogens (primary N) is 1. The van der Waals surface area contributed by atoms with Gasteiger partial charge in [0.2, 0.25) is 0 Å². The average Bonchev–Trinajstić information content (AvgIpc) is 3.07. The van der Waals surface area contributed by atoms with Crippen molar-refractivity contribution < 1.29 is 13.9 Å². The summed E-state index contributed by atoms with van der Waals surface area (Å²) >= 11 is 1.47. The molecule has 0 saturated heterocycles. The first-order valence-electron chi connectivity index (χ1n) is 8.15. The van der Waals surface area contributed by atoms with Crippen molar-refractivity contribution in [3.63, 3.8) is 0 Å². The normalized spacial score (nSPS) is 10.7. The molecule has 0 radical (unpaired) electrons. The number of aromatic nitrogens is 1. The van der Waals surface area contributed by atoms with Crippen LogP contribution < -0.4 is 20.5 Å². The molecule has 0 amide bonds. The minimum absolute atomic E-state index is 0.118. The van der Waals surface area contributed by atoms with Crippen molar-refractivity contribution in [1.29, 1.82) is 0 Å². The number of hydrogen-bond acceptors (Lipinski definition) is 6. The highest BCUT2D eigenvalue weighted by Crippen LogP contribution is 2.39. The van der Waals surface area contributed by atoms with E-state index in [0.29, 0.717) is 11.4 Å². The number of methoxy groups -OCH3 is 1. The van der Waals surface area contributed by atoms with Crippen LogP contribution in [0.3, 0.4) is 0 Å². The van der Waals surface area contributed by atoms with E-state index in [0.717, 1.165) is 26.7 Å². The number of thiophene rings is 1. The Morgan fingerprint density at radius 2 is 1.96 bits per heavy atom. The highest BCUT2D eigenvalue weighted by molar-refractivity contribution is 7.23. The summed E-state index contributed by atoms with van der Waals surface area (Å²) in [7, 11) is 1.63. The molecule has 2 aromatic heterocycles. The highest BCUT2D eigenvalue weighted by Gasteiger charge is 2.12. The molecule has 0 saturated carbocycles. The molecule has 136 valence electrons. The van der Waals surface area contributed by atoms with Gasteiger partial charge in [-0.1, -0.05) is 6.07 Å². The van der Waals surface area contributed by atoms with Crippen LogP contribution in [0, 0.1) is 5.82 Å². The van der Waals surface area contributed by atoms with Gasteiger partial charge >= 0.3 is 0 Å². The molecule has 2 aromatic carbocycles. The summed E-state index contributed by atoms with van der Waals surface area (Å²) in [5.41, 5.74) is 7.59. The average molecular weight is 381 g/mol. The van der Waals surface area contributed by atoms with Gasteiger partial charge in [0, 0.05) is 35.8 Å². The van der Waals surface area contributed by atoms with Gasteiger partial charge in [0.25, 0.3) is 0 Å². The second kappa shape index (κ2) is 7.13. The van der Waals surface area contributed by atoms with Gasteiger partial charge in [-0.05, 0) is 30.3 Å². The Hall–Kier alpha value is -3.32. The van der Waals surface area contributed by atoms with E-state index >= 15 is 0 Å². The monoisotopic (exact) mass is 381 g/mol. The van der Waals surface area contributed by atoms with E-state index < -0.39 is 5.82 Å². The van der Waals surface area contributed by atoms with E-state index in [9.17, 15) is 4.39 Å². The summed E-state index contributed by atoms with van der Waals surface area (Å²) in [6.07, 6.45) is 1.63. The van der Waals surface area contributed by atoms with Gasteiger partial charge in [-0.2, -0.15) is 0 Å². The number of pyridine rings is 1. The Labute approximate surface area is 159 Å². The van der Waals surface area contributed by atoms with E-state index in [-0.39, 0.29) is 5.75 Å². The molecular formula is C20H16FN3O2S. The number of hydrogen-bond donors (Lipinski definition) is 2. The molecule has 5 nitrogen and oxygen atoms in total. The topological polar surface area (TPSA) is 69.4 Å². The number of nitrogens with zero attached hydrogens (tertiary/aromatic N) is 1. The van der Waals surface area contributed by atoms with Gasteiger partial charge in [0.1, 0.15) is 11.5 Å². The quantitative estimate of drug-likeness (QED) is 0.443. The number of nitrogen functional groups attached to an aromatic ring is 1. The first kappa shape index (κ1) is 17.1. The second-order valence-electron chi connectivity index (χ2n) is 5.78. The summed E-state index contributed by atoms with van der Waals surface area (Å²) in [4.78, 5) is 4.37. The zero-order valence-corrected chi connectivity index (χ0v) is 15.2. The van der Waals surface area contributed by atoms with Gasteiger partial charge in [-0.3, -0.25) is 4.98 Å². The molecule has 4 rings (SSSR count). The van der Waals surface area contributed by atoms with E-state index in [2.05, 4.69) is 10.3 Å². The van der Waals surface area contributed by atoms with Crippen molar-refractivity contribution in [2.45, 2.75) is 0 Å². The predicted molar refractivity (Wildman–Crippen MR) is 107 cm³/mol. The molecule has 0 aliphatic heterocycles. The number of benzene rings is 2. The third-order valence-corrected chi connectivity index (χ3v) is 4.94. The van der Waals surface area contributed by atoms with Crippen LogP contribution in [0.5, 0.6) is 17.2 Å². The Kier molecular flexibility index (Phi) is 4.52. The molecule has 2 heterocycles. The summed E-state index contributed by atoms with van der Waals surface area (Å²) in [5.74, 6) is 0.910. The largest absolute Gasteiger partial charge is 0.497 e. The van der Waals surface area contributed by atoms with Crippen LogP contribution >= 0.6 is 11.3 Å². The van der Waals surface area contributed by atoms with Crippen LogP contribution in [0.1, 0.15) is 0 Å². The molecule has 27 heavy (non-hydrogen) atoms. The summed E-state index contributed by atoms with van der Waals surface area (Å²) in [5, 5.41) is 4.22. The van der Waals surface area contributed by atoms with Crippen molar-refractivity contribution in [3.05, 3.63) is 66.6 Å². The van der Waals surface area contributed by atoms with Crippen LogP contribution in [-0.2, 0) is 0 Å². The first-order valence-corrected chi connectivity index (χ1v) is 8.96. The van der Waals surface area contributed by atoms with Gasteiger partial charge < -0.3 is 20.5 Å². The van der Waals surface area contributed by atoms with Crippen LogP contribution in [0.15, 0.2) is 60.8 Å². The Morgan fingerprint density at radius 3 is 2.78 bits per heavy atom. The van der Waals surface area contributed by atoms with Gasteiger partial charge in [-0.25, -0.2) is 4.39 Å². The molecule has 0 aliphatic rings. The van der Waals surface area contributed by atoms with E-state index in [1.165, 1.54) is 23.5 Å². The van der Waals surface area contributed by atoms with Crippen molar-refractivity contribution in [1.82, 2.24) is 4.98 Å². The highest BCUT2D eigenvalue weighted by atomic mass is 32.1. The molecule has 3 N–H and O–H groups in total. The fourth-order valence-electron chi connectivity index (χ4n) is 2.62. The maximum atomic E-state index is 14.1. The number of ether oxygens (including phenoxy) is 2. The maximum Gasteiger partial charge on any atom is 0.167 e. The molecule has 7 heteroatoms. The SMILES string of the molecule is COc1cccc(Nc2cc3nccc(Oc4ccc(N)cc4F)c3s2)c1. The van der Waals surface area contributed by atoms with Crippen molar-refractivity contribution in [2.75, 3.05) is 18.2 Å². The maximum absolute atomic E-state index is 14.1. The molecule has 0 unspecified atom stereocenters. The second-order valence-corrected chi connectivity index (χ2v) is 6.84. The molecule has 0 bridgehead atoms. The molecule has 4 aromatic rings. The summed E-state index contributed by atoms with van der Waals surface area (Å²) in [6.45, 7) is 0. The molecular weight excluding hydrogens is 365 g/mol. The number of nitrogens with one attached hydrogen (secondary N) is 1. The van der Waals surface area contributed by atoms with Crippen LogP contribution in [0.25, 0.3) is 10.2 Å². The standard InChI is InChI=1S/C20H16FN3O2S/c1-25-14-4-2-3-13(10-14)24-19-11-16-20(27-19)18(7-8-23-16)26-17-6-5-12(22)9-15(17)21/h2-11,24H,22H2,1H3. The Morgan fingerprint density at radius 1 is 1.07 bits per heavy atom. The fraction of sp³-hybridized carbons (Fsp3) is 0.0500. The van der Waals surface area contributed by atoms with Gasteiger partial charge in [0.05, 0.1) is 22.3 Å². The van der Waals surface area contributed by atoms with Gasteiger partial charge in [0.15, 0.2) is 11.6 Å². The zero-order valence-electron chi connectivity index (χ0n) is 14.4. The zero-order chi connectivity index (χ0) is 18.8. The van der Waals surface area contributed by atoms with Crippen LogP contribution in [-0.4, -0.2) is 12.1 Å². The smallest absolute Gasteiger partial charge is 0.167 e. The lowest BCUT2D eigenvalue weighted by Crippen LogP contribution is -1.91. The van der Waals surface area contributed by atoms with Crippen molar-refractivity contribution in [3.8, 4) is 17.2 Å². The molecule has 0 spiro atoms. The van der Waals surface area contributed by atoms with Crippen LogP contribution in [0.2, 0.25) is 0 Å². The van der Waals surface area contributed by atoms with Gasteiger partial charge in [-0.15, -0.1) is 11.3 Å². The minimum Gasteiger partial charge on any atom is -0.497 e. The molecule has 0 fully saturated rings. The fourth-order valence-corrected chi connectivity index (χ4v) is 3.60. The van der Waals surface area contributed by atoms with E-state index in [4.69, 9.17) is 15.2 Å². The number of fused-ring (bicyclic) bond motifs is 1. The van der Waals surface area contributed by atoms with Crippen molar-refractivity contribution >= 4 is 37.9 Å². The third-order valence-electron chi connectivity index (χ3n) is 3.89. The summed E-state index contributed by atoms with van der Waals surface area (Å²) in [6, 6.07) is 15.6. The van der Waals surface area contributed by atoms with E-state index in [1.54, 1.807) is 25.4 Å². The first-order chi connectivity index (χ1) is 13.1. The number of halogens is 1. The lowest BCUT2D eigenvalue weighted by atomic mass is 10.3. The van der Waals surface area contributed by atoms with Crippen LogP contribution in [0.4, 0.5) is 20.8 Å².